The maximum absolute atomic E-state index is 11.0. The molecular weight excluding hydrogens is 198 g/mol. The van der Waals surface area contributed by atoms with Crippen molar-refractivity contribution in [3.8, 4) is 0 Å². The van der Waals surface area contributed by atoms with Gasteiger partial charge in [-0.15, -0.1) is 0 Å². The molecule has 0 amide bonds. The molecule has 2 heteroatoms. The van der Waals surface area contributed by atoms with Gasteiger partial charge in [-0.05, 0) is 5.56 Å². The minimum Gasteiger partial charge on any atom is -0.291 e. The van der Waals surface area contributed by atoms with E-state index in [0.717, 1.165) is 11.8 Å². The predicted octanol–water partition coefficient (Wildman–Crippen LogP) is 2.17. The molecule has 0 aliphatic carbocycles. The largest absolute Gasteiger partial charge is 0.291 e. The number of hydrogen-bond donors (Lipinski definition) is 0. The van der Waals surface area contributed by atoms with Crippen LogP contribution in [0.5, 0.6) is 0 Å². The van der Waals surface area contributed by atoms with Gasteiger partial charge in [0.15, 0.2) is 12.4 Å². The third-order valence-corrected chi connectivity index (χ3v) is 2.25. The van der Waals surface area contributed by atoms with E-state index in [0.29, 0.717) is 5.70 Å². The molecule has 1 heterocycles. The summed E-state index contributed by atoms with van der Waals surface area (Å²) in [6.07, 6.45) is 6.41. The van der Waals surface area contributed by atoms with Crippen LogP contribution < -0.4 is 4.57 Å². The molecule has 0 unspecified atom stereocenters. The van der Waals surface area contributed by atoms with Gasteiger partial charge >= 0.3 is 0 Å². The number of benzene rings is 1. The summed E-state index contributed by atoms with van der Waals surface area (Å²) in [5.41, 5.74) is 1.63. The molecule has 0 saturated heterocycles. The summed E-state index contributed by atoms with van der Waals surface area (Å²) in [6.45, 7) is 0. The molecule has 1 aromatic carbocycles. The van der Waals surface area contributed by atoms with Crippen molar-refractivity contribution in [2.75, 3.05) is 0 Å². The summed E-state index contributed by atoms with van der Waals surface area (Å²) in [4.78, 5) is 11.0. The van der Waals surface area contributed by atoms with E-state index in [2.05, 4.69) is 0 Å². The SMILES string of the molecule is O=CC(=Cc1ccccc1)[n+]1ccccc1. The normalized spacial score (nSPS) is 11.1. The van der Waals surface area contributed by atoms with Crippen molar-refractivity contribution in [3.63, 3.8) is 0 Å². The number of rotatable bonds is 3. The van der Waals surface area contributed by atoms with E-state index in [1.165, 1.54) is 0 Å². The van der Waals surface area contributed by atoms with E-state index in [9.17, 15) is 4.79 Å². The second-order valence-corrected chi connectivity index (χ2v) is 3.38. The lowest BCUT2D eigenvalue weighted by atomic mass is 10.2. The van der Waals surface area contributed by atoms with Crippen LogP contribution >= 0.6 is 0 Å². The van der Waals surface area contributed by atoms with Gasteiger partial charge in [-0.2, -0.15) is 4.57 Å². The van der Waals surface area contributed by atoms with Gasteiger partial charge in [0.25, 0.3) is 5.70 Å². The summed E-state index contributed by atoms with van der Waals surface area (Å²) in [5.74, 6) is 0. The van der Waals surface area contributed by atoms with Gasteiger partial charge in [0, 0.05) is 18.2 Å². The molecule has 2 nitrogen and oxygen atoms in total. The smallest absolute Gasteiger partial charge is 0.251 e. The molecule has 2 rings (SSSR count). The van der Waals surface area contributed by atoms with Crippen molar-refractivity contribution in [2.45, 2.75) is 0 Å². The van der Waals surface area contributed by atoms with E-state index in [1.807, 2.05) is 67.0 Å². The van der Waals surface area contributed by atoms with Crippen LogP contribution in [0.3, 0.4) is 0 Å². The van der Waals surface area contributed by atoms with Crippen molar-refractivity contribution >= 4 is 18.1 Å². The van der Waals surface area contributed by atoms with Crippen LogP contribution in [0.2, 0.25) is 0 Å². The molecule has 16 heavy (non-hydrogen) atoms. The number of allylic oxidation sites excluding steroid dienone is 1. The Bertz CT molecular complexity index is 489. The fourth-order valence-corrected chi connectivity index (χ4v) is 1.46. The van der Waals surface area contributed by atoms with Crippen LogP contribution in [-0.4, -0.2) is 6.29 Å². The van der Waals surface area contributed by atoms with Crippen LogP contribution in [0.4, 0.5) is 0 Å². The van der Waals surface area contributed by atoms with Crippen molar-refractivity contribution in [2.24, 2.45) is 0 Å². The number of aromatic nitrogens is 1. The van der Waals surface area contributed by atoms with Crippen molar-refractivity contribution in [1.82, 2.24) is 0 Å². The summed E-state index contributed by atoms with van der Waals surface area (Å²) >= 11 is 0. The number of carbonyl (C=O) groups is 1. The Hall–Kier alpha value is -2.22. The Morgan fingerprint density at radius 2 is 1.56 bits per heavy atom. The first kappa shape index (κ1) is 10.3. The van der Waals surface area contributed by atoms with Crippen LogP contribution in [-0.2, 0) is 4.79 Å². The average Bonchev–Trinajstić information content (AvgIpc) is 2.38. The lowest BCUT2D eigenvalue weighted by molar-refractivity contribution is -0.575. The topological polar surface area (TPSA) is 20.9 Å². The third-order valence-electron chi connectivity index (χ3n) is 2.25. The van der Waals surface area contributed by atoms with E-state index >= 15 is 0 Å². The molecule has 1 aromatic heterocycles. The average molecular weight is 210 g/mol. The van der Waals surface area contributed by atoms with Gasteiger partial charge in [-0.3, -0.25) is 4.79 Å². The van der Waals surface area contributed by atoms with Gasteiger partial charge in [0.05, 0.1) is 0 Å². The van der Waals surface area contributed by atoms with Crippen molar-refractivity contribution in [3.05, 3.63) is 66.5 Å². The molecule has 0 bridgehead atoms. The van der Waals surface area contributed by atoms with Crippen LogP contribution in [0.1, 0.15) is 5.56 Å². The Kier molecular flexibility index (Phi) is 3.24. The Morgan fingerprint density at radius 3 is 2.19 bits per heavy atom. The Balaban J connectivity index is 2.38. The summed E-state index contributed by atoms with van der Waals surface area (Å²) in [5, 5.41) is 0. The highest BCUT2D eigenvalue weighted by Crippen LogP contribution is 2.04. The summed E-state index contributed by atoms with van der Waals surface area (Å²) in [6, 6.07) is 15.5. The molecule has 0 aliphatic heterocycles. The highest BCUT2D eigenvalue weighted by atomic mass is 16.1. The molecule has 0 N–H and O–H groups in total. The minimum absolute atomic E-state index is 0.617. The van der Waals surface area contributed by atoms with E-state index in [1.54, 1.807) is 4.57 Å². The zero-order valence-corrected chi connectivity index (χ0v) is 8.78. The lowest BCUT2D eigenvalue weighted by Crippen LogP contribution is -2.31. The molecule has 0 fully saturated rings. The van der Waals surface area contributed by atoms with Gasteiger partial charge in [0.2, 0.25) is 6.29 Å². The minimum atomic E-state index is 0.617. The molecule has 0 atom stereocenters. The zero-order chi connectivity index (χ0) is 11.2. The monoisotopic (exact) mass is 210 g/mol. The second kappa shape index (κ2) is 5.03. The number of aldehydes is 1. The molecule has 0 spiro atoms. The number of hydrogen-bond acceptors (Lipinski definition) is 1. The van der Waals surface area contributed by atoms with E-state index in [4.69, 9.17) is 0 Å². The highest BCUT2D eigenvalue weighted by Gasteiger charge is 2.06. The van der Waals surface area contributed by atoms with Gasteiger partial charge in [-0.1, -0.05) is 36.4 Å². The number of carbonyl (C=O) groups excluding carboxylic acids is 1. The molecule has 0 saturated carbocycles. The summed E-state index contributed by atoms with van der Waals surface area (Å²) in [7, 11) is 0. The van der Waals surface area contributed by atoms with Gasteiger partial charge in [-0.25, -0.2) is 0 Å². The quantitative estimate of drug-likeness (QED) is 0.432. The fourth-order valence-electron chi connectivity index (χ4n) is 1.46. The molecular formula is C14H12NO+. The van der Waals surface area contributed by atoms with Crippen LogP contribution in [0.15, 0.2) is 60.9 Å². The van der Waals surface area contributed by atoms with Crippen molar-refractivity contribution in [1.29, 1.82) is 0 Å². The lowest BCUT2D eigenvalue weighted by Gasteiger charge is -1.94. The molecule has 2 aromatic rings. The maximum atomic E-state index is 11.0. The first-order valence-corrected chi connectivity index (χ1v) is 5.09. The molecule has 78 valence electrons. The van der Waals surface area contributed by atoms with Crippen LogP contribution in [0.25, 0.3) is 11.8 Å². The highest BCUT2D eigenvalue weighted by molar-refractivity contribution is 6.01. The maximum Gasteiger partial charge on any atom is 0.251 e. The standard InChI is InChI=1S/C14H12NO/c16-12-14(15-9-5-2-6-10-15)11-13-7-3-1-4-8-13/h1-12H/q+1. The van der Waals surface area contributed by atoms with Crippen molar-refractivity contribution < 1.29 is 9.36 Å². The van der Waals surface area contributed by atoms with Crippen LogP contribution in [0, 0.1) is 0 Å². The van der Waals surface area contributed by atoms with E-state index in [-0.39, 0.29) is 0 Å². The molecule has 0 aliphatic rings. The first-order chi connectivity index (χ1) is 7.90. The molecule has 0 radical (unpaired) electrons. The summed E-state index contributed by atoms with van der Waals surface area (Å²) < 4.78 is 1.79. The van der Waals surface area contributed by atoms with Gasteiger partial charge in [0.1, 0.15) is 0 Å². The number of pyridine rings is 1. The fraction of sp³-hybridized carbons (Fsp3) is 0. The Labute approximate surface area is 94.5 Å². The Morgan fingerprint density at radius 1 is 0.938 bits per heavy atom. The van der Waals surface area contributed by atoms with E-state index < -0.39 is 0 Å². The predicted molar refractivity (Wildman–Crippen MR) is 63.3 cm³/mol. The van der Waals surface area contributed by atoms with Gasteiger partial charge < -0.3 is 0 Å². The third kappa shape index (κ3) is 2.42. The number of nitrogens with zero attached hydrogens (tertiary/aromatic N) is 1. The second-order valence-electron chi connectivity index (χ2n) is 3.38. The zero-order valence-electron chi connectivity index (χ0n) is 8.78. The first-order valence-electron chi connectivity index (χ1n) is 5.09.